The Morgan fingerprint density at radius 1 is 1.07 bits per heavy atom. The van der Waals surface area contributed by atoms with Gasteiger partial charge in [-0.1, -0.05) is 32.0 Å². The maximum atomic E-state index is 12.6. The highest BCUT2D eigenvalue weighted by molar-refractivity contribution is 7.85. The van der Waals surface area contributed by atoms with Crippen LogP contribution in [0.5, 0.6) is 0 Å². The van der Waals surface area contributed by atoms with Crippen molar-refractivity contribution < 1.29 is 23.3 Å². The van der Waals surface area contributed by atoms with Gasteiger partial charge in [0.1, 0.15) is 12.1 Å². The molecule has 0 aliphatic heterocycles. The van der Waals surface area contributed by atoms with E-state index < -0.39 is 34.8 Å². The van der Waals surface area contributed by atoms with Crippen molar-refractivity contribution in [1.29, 1.82) is 0 Å². The van der Waals surface area contributed by atoms with E-state index in [2.05, 4.69) is 10.6 Å². The van der Waals surface area contributed by atoms with Gasteiger partial charge in [0.2, 0.25) is 11.8 Å². The van der Waals surface area contributed by atoms with Crippen molar-refractivity contribution in [1.82, 2.24) is 10.6 Å². The van der Waals surface area contributed by atoms with Gasteiger partial charge in [0, 0.05) is 17.6 Å². The molecule has 3 atom stereocenters. The number of hydrogen-bond acceptors (Lipinski definition) is 5. The summed E-state index contributed by atoms with van der Waals surface area (Å²) in [6, 6.07) is 7.23. The highest BCUT2D eigenvalue weighted by Gasteiger charge is 2.27. The lowest BCUT2D eigenvalue weighted by atomic mass is 10.0. The molecule has 7 nitrogen and oxygen atoms in total. The molecule has 0 aromatic heterocycles. The van der Waals surface area contributed by atoms with Crippen molar-refractivity contribution in [3.63, 3.8) is 0 Å². The Balaban J connectivity index is 2.77. The predicted molar refractivity (Wildman–Crippen MR) is 103 cm³/mol. The van der Waals surface area contributed by atoms with Crippen LogP contribution in [0.4, 0.5) is 0 Å². The van der Waals surface area contributed by atoms with Crippen LogP contribution in [0.1, 0.15) is 33.6 Å². The number of hydrogen-bond donors (Lipinski definition) is 2. The molecule has 8 heteroatoms. The van der Waals surface area contributed by atoms with E-state index in [1.807, 2.05) is 19.9 Å². The van der Waals surface area contributed by atoms with Gasteiger partial charge in [0.15, 0.2) is 0 Å². The predicted octanol–water partition coefficient (Wildman–Crippen LogP) is 1.39. The third-order valence-corrected chi connectivity index (χ3v) is 5.21. The van der Waals surface area contributed by atoms with E-state index in [1.165, 1.54) is 14.0 Å². The first-order valence-electron chi connectivity index (χ1n) is 8.83. The Labute approximate surface area is 162 Å². The van der Waals surface area contributed by atoms with Gasteiger partial charge in [-0.25, -0.2) is 4.79 Å². The van der Waals surface area contributed by atoms with Crippen LogP contribution in [-0.2, 0) is 29.9 Å². The highest BCUT2D eigenvalue weighted by Crippen LogP contribution is 2.10. The minimum Gasteiger partial charge on any atom is -0.467 e. The van der Waals surface area contributed by atoms with Gasteiger partial charge in [-0.05, 0) is 30.9 Å². The van der Waals surface area contributed by atoms with E-state index in [0.29, 0.717) is 11.3 Å². The summed E-state index contributed by atoms with van der Waals surface area (Å²) in [5, 5.41) is 5.22. The van der Waals surface area contributed by atoms with Gasteiger partial charge in [0.05, 0.1) is 17.9 Å². The second kappa shape index (κ2) is 11.5. The lowest BCUT2D eigenvalue weighted by molar-refractivity contribution is -0.145. The molecule has 0 fully saturated rings. The maximum Gasteiger partial charge on any atom is 0.328 e. The van der Waals surface area contributed by atoms with Gasteiger partial charge < -0.3 is 15.4 Å². The zero-order valence-corrected chi connectivity index (χ0v) is 17.0. The maximum absolute atomic E-state index is 12.6. The molecule has 0 heterocycles. The number of ether oxygens (including phenoxy) is 1. The van der Waals surface area contributed by atoms with Crippen LogP contribution < -0.4 is 10.6 Å². The van der Waals surface area contributed by atoms with E-state index in [-0.39, 0.29) is 24.0 Å². The molecule has 0 spiro atoms. The van der Waals surface area contributed by atoms with E-state index >= 15 is 0 Å². The smallest absolute Gasteiger partial charge is 0.328 e. The fourth-order valence-corrected chi connectivity index (χ4v) is 3.67. The highest BCUT2D eigenvalue weighted by atomic mass is 32.2. The van der Waals surface area contributed by atoms with Crippen LogP contribution in [0, 0.1) is 5.92 Å². The van der Waals surface area contributed by atoms with E-state index in [9.17, 15) is 18.6 Å². The molecule has 1 rings (SSSR count). The first-order chi connectivity index (χ1) is 12.7. The van der Waals surface area contributed by atoms with Crippen LogP contribution >= 0.6 is 0 Å². The van der Waals surface area contributed by atoms with Gasteiger partial charge >= 0.3 is 5.97 Å². The van der Waals surface area contributed by atoms with Gasteiger partial charge in [-0.3, -0.25) is 13.8 Å². The summed E-state index contributed by atoms with van der Waals surface area (Å²) in [7, 11) is -0.0639. The summed E-state index contributed by atoms with van der Waals surface area (Å²) in [6.07, 6.45) is 0.601. The summed E-state index contributed by atoms with van der Waals surface area (Å²) in [5.74, 6) is -1.02. The molecule has 0 radical (unpaired) electrons. The summed E-state index contributed by atoms with van der Waals surface area (Å²) in [6.45, 7) is 5.20. The average Bonchev–Trinajstić information content (AvgIpc) is 2.63. The van der Waals surface area contributed by atoms with Crippen LogP contribution in [0.25, 0.3) is 0 Å². The van der Waals surface area contributed by atoms with E-state index in [1.54, 1.807) is 24.3 Å². The van der Waals surface area contributed by atoms with Crippen LogP contribution in [0.2, 0.25) is 0 Å². The summed E-state index contributed by atoms with van der Waals surface area (Å²) in [4.78, 5) is 36.6. The average molecular weight is 397 g/mol. The van der Waals surface area contributed by atoms with Crippen molar-refractivity contribution in [3.8, 4) is 0 Å². The molecule has 150 valence electrons. The molecule has 0 saturated heterocycles. The first-order valence-corrected chi connectivity index (χ1v) is 10.1. The van der Waals surface area contributed by atoms with Gasteiger partial charge in [0.25, 0.3) is 0 Å². The Bertz CT molecular complexity index is 663. The molecule has 2 amide bonds. The standard InChI is InChI=1S/C19H28N2O5S/c1-13(2)12-17(20-14(3)22)18(23)21-16(19(24)26-4)10-11-27(25)15-8-6-5-7-9-15/h5-9,13,16-17H,10-12H2,1-4H3,(H,20,22)(H,21,23)/t16-,17-,27-/m0/s1. The summed E-state index contributed by atoms with van der Waals surface area (Å²) >= 11 is 0. The molecular weight excluding hydrogens is 368 g/mol. The van der Waals surface area contributed by atoms with Crippen molar-refractivity contribution in [2.75, 3.05) is 12.9 Å². The summed E-state index contributed by atoms with van der Waals surface area (Å²) < 4.78 is 17.1. The minimum absolute atomic E-state index is 0.161. The number of carbonyl (C=O) groups is 3. The quantitative estimate of drug-likeness (QED) is 0.582. The van der Waals surface area contributed by atoms with Crippen molar-refractivity contribution in [2.45, 2.75) is 50.6 Å². The SMILES string of the molecule is COC(=O)[C@H](CC[S@](=O)c1ccccc1)NC(=O)[C@H](CC(C)C)NC(C)=O. The minimum atomic E-state index is -1.30. The lowest BCUT2D eigenvalue weighted by Crippen LogP contribution is -2.52. The van der Waals surface area contributed by atoms with Crippen molar-refractivity contribution in [3.05, 3.63) is 30.3 Å². The normalized spacial score (nSPS) is 14.1. The Hall–Kier alpha value is -2.22. The number of nitrogens with one attached hydrogen (secondary N) is 2. The van der Waals surface area contributed by atoms with Gasteiger partial charge in [-0.2, -0.15) is 0 Å². The van der Waals surface area contributed by atoms with Crippen LogP contribution in [0.3, 0.4) is 0 Å². The topological polar surface area (TPSA) is 102 Å². The molecule has 0 unspecified atom stereocenters. The Kier molecular flexibility index (Phi) is 9.71. The Morgan fingerprint density at radius 3 is 2.22 bits per heavy atom. The largest absolute Gasteiger partial charge is 0.467 e. The second-order valence-electron chi connectivity index (χ2n) is 6.62. The number of esters is 1. The molecule has 1 aromatic carbocycles. The number of amides is 2. The zero-order chi connectivity index (χ0) is 20.4. The fourth-order valence-electron chi connectivity index (χ4n) is 2.53. The molecule has 1 aromatic rings. The number of methoxy groups -OCH3 is 1. The molecule has 2 N–H and O–H groups in total. The van der Waals surface area contributed by atoms with Crippen molar-refractivity contribution in [2.24, 2.45) is 5.92 Å². The van der Waals surface area contributed by atoms with Crippen molar-refractivity contribution >= 4 is 28.6 Å². The van der Waals surface area contributed by atoms with E-state index in [4.69, 9.17) is 4.74 Å². The first kappa shape index (κ1) is 22.8. The molecular formula is C19H28N2O5S. The second-order valence-corrected chi connectivity index (χ2v) is 8.19. The molecule has 27 heavy (non-hydrogen) atoms. The lowest BCUT2D eigenvalue weighted by Gasteiger charge is -2.23. The van der Waals surface area contributed by atoms with Gasteiger partial charge in [-0.15, -0.1) is 0 Å². The van der Waals surface area contributed by atoms with Crippen LogP contribution in [-0.4, -0.2) is 46.9 Å². The number of benzene rings is 1. The molecule has 0 aliphatic rings. The summed E-state index contributed by atoms with van der Waals surface area (Å²) in [5.41, 5.74) is 0. The fraction of sp³-hybridized carbons (Fsp3) is 0.526. The molecule has 0 bridgehead atoms. The van der Waals surface area contributed by atoms with Crippen LogP contribution in [0.15, 0.2) is 35.2 Å². The zero-order valence-electron chi connectivity index (χ0n) is 16.2. The third kappa shape index (κ3) is 8.34. The Morgan fingerprint density at radius 2 is 1.70 bits per heavy atom. The number of carbonyl (C=O) groups excluding carboxylic acids is 3. The van der Waals surface area contributed by atoms with E-state index in [0.717, 1.165) is 0 Å². The third-order valence-electron chi connectivity index (χ3n) is 3.80. The molecule has 0 aliphatic carbocycles. The number of rotatable bonds is 10. The molecule has 0 saturated carbocycles. The monoisotopic (exact) mass is 396 g/mol.